The highest BCUT2D eigenvalue weighted by atomic mass is 16.3. The fourth-order valence-electron chi connectivity index (χ4n) is 11.3. The molecule has 0 aliphatic heterocycles. The summed E-state index contributed by atoms with van der Waals surface area (Å²) in [6.45, 7) is 0. The van der Waals surface area contributed by atoms with E-state index in [4.69, 9.17) is 0 Å². The van der Waals surface area contributed by atoms with E-state index in [1.807, 2.05) is 18.2 Å². The van der Waals surface area contributed by atoms with Crippen molar-refractivity contribution in [1.29, 1.82) is 0 Å². The van der Waals surface area contributed by atoms with Crippen LogP contribution < -0.4 is 0 Å². The lowest BCUT2D eigenvalue weighted by Gasteiger charge is -2.61. The van der Waals surface area contributed by atoms with Gasteiger partial charge in [0, 0.05) is 16.4 Å². The Hall–Kier alpha value is -1.70. The van der Waals surface area contributed by atoms with Gasteiger partial charge < -0.3 is 10.2 Å². The van der Waals surface area contributed by atoms with E-state index >= 15 is 0 Å². The fourth-order valence-corrected chi connectivity index (χ4v) is 11.3. The molecule has 8 bridgehead atoms. The molecule has 8 saturated carbocycles. The number of hydrogen-bond donors (Lipinski definition) is 2. The highest BCUT2D eigenvalue weighted by Crippen LogP contribution is 2.67. The van der Waals surface area contributed by atoms with Gasteiger partial charge in [0.1, 0.15) is 11.5 Å². The lowest BCUT2D eigenvalue weighted by Crippen LogP contribution is -2.52. The van der Waals surface area contributed by atoms with E-state index in [1.54, 1.807) is 0 Å². The molecule has 2 aromatic carbocycles. The van der Waals surface area contributed by atoms with Gasteiger partial charge in [-0.3, -0.25) is 0 Å². The van der Waals surface area contributed by atoms with E-state index in [1.165, 1.54) is 88.2 Å². The minimum absolute atomic E-state index is 0.147. The van der Waals surface area contributed by atoms with Crippen LogP contribution in [0.25, 0.3) is 10.8 Å². The Bertz CT molecular complexity index is 1060. The molecule has 8 aliphatic carbocycles. The maximum atomic E-state index is 11.8. The molecule has 0 saturated heterocycles. The van der Waals surface area contributed by atoms with Crippen LogP contribution in [0.2, 0.25) is 0 Å². The van der Waals surface area contributed by atoms with Crippen molar-refractivity contribution >= 4 is 10.8 Å². The molecule has 2 heteroatoms. The van der Waals surface area contributed by atoms with Crippen molar-refractivity contribution in [3.05, 3.63) is 35.4 Å². The molecular formula is C30H36O2. The highest BCUT2D eigenvalue weighted by molar-refractivity contribution is 5.95. The van der Waals surface area contributed by atoms with E-state index in [9.17, 15) is 10.2 Å². The van der Waals surface area contributed by atoms with Crippen molar-refractivity contribution in [3.8, 4) is 11.5 Å². The monoisotopic (exact) mass is 428 g/mol. The van der Waals surface area contributed by atoms with Crippen LogP contribution in [0.3, 0.4) is 0 Å². The molecular weight excluding hydrogens is 392 g/mol. The van der Waals surface area contributed by atoms with Crippen molar-refractivity contribution in [3.63, 3.8) is 0 Å². The summed E-state index contributed by atoms with van der Waals surface area (Å²) in [5, 5.41) is 25.2. The number of phenols is 2. The average Bonchev–Trinajstić information content (AvgIpc) is 2.71. The molecule has 0 amide bonds. The van der Waals surface area contributed by atoms with E-state index in [0.717, 1.165) is 46.3 Å². The molecule has 0 spiro atoms. The van der Waals surface area contributed by atoms with Crippen LogP contribution in [-0.2, 0) is 10.8 Å². The Morgan fingerprint density at radius 2 is 1.00 bits per heavy atom. The first-order valence-electron chi connectivity index (χ1n) is 13.5. The first-order valence-corrected chi connectivity index (χ1v) is 13.5. The zero-order chi connectivity index (χ0) is 21.2. The predicted molar refractivity (Wildman–Crippen MR) is 127 cm³/mol. The molecule has 8 aliphatic rings. The van der Waals surface area contributed by atoms with Gasteiger partial charge in [-0.2, -0.15) is 0 Å². The summed E-state index contributed by atoms with van der Waals surface area (Å²) in [4.78, 5) is 0. The van der Waals surface area contributed by atoms with Crippen molar-refractivity contribution < 1.29 is 10.2 Å². The summed E-state index contributed by atoms with van der Waals surface area (Å²) >= 11 is 0. The summed E-state index contributed by atoms with van der Waals surface area (Å²) in [6, 6.07) is 7.97. The molecule has 8 fully saturated rings. The molecule has 2 aromatic rings. The lowest BCUT2D eigenvalue weighted by molar-refractivity contribution is -0.0176. The molecule has 0 atom stereocenters. The maximum Gasteiger partial charge on any atom is 0.123 e. The second-order valence-corrected chi connectivity index (χ2v) is 13.4. The van der Waals surface area contributed by atoms with E-state index < -0.39 is 0 Å². The van der Waals surface area contributed by atoms with Gasteiger partial charge in [-0.25, -0.2) is 0 Å². The lowest BCUT2D eigenvalue weighted by atomic mass is 9.43. The summed E-state index contributed by atoms with van der Waals surface area (Å²) in [5.74, 6) is 6.12. The number of fused-ring (bicyclic) bond motifs is 1. The summed E-state index contributed by atoms with van der Waals surface area (Å²) in [7, 11) is 0. The van der Waals surface area contributed by atoms with Gasteiger partial charge in [0.15, 0.2) is 0 Å². The predicted octanol–water partition coefficient (Wildman–Crippen LogP) is 7.19. The molecule has 168 valence electrons. The minimum Gasteiger partial charge on any atom is -0.508 e. The van der Waals surface area contributed by atoms with Crippen LogP contribution >= 0.6 is 0 Å². The normalized spacial score (nSPS) is 45.8. The van der Waals surface area contributed by atoms with Gasteiger partial charge in [-0.15, -0.1) is 0 Å². The summed E-state index contributed by atoms with van der Waals surface area (Å²) in [5.41, 5.74) is 3.05. The summed E-state index contributed by atoms with van der Waals surface area (Å²) < 4.78 is 0. The molecule has 0 radical (unpaired) electrons. The van der Waals surface area contributed by atoms with Crippen molar-refractivity contribution in [2.24, 2.45) is 35.5 Å². The number of phenolic OH excluding ortho intramolecular Hbond substituents is 2. The van der Waals surface area contributed by atoms with E-state index in [0.29, 0.717) is 11.5 Å². The van der Waals surface area contributed by atoms with Crippen LogP contribution in [0.4, 0.5) is 0 Å². The molecule has 32 heavy (non-hydrogen) atoms. The number of benzene rings is 2. The van der Waals surface area contributed by atoms with Gasteiger partial charge in [0.05, 0.1) is 0 Å². The zero-order valence-electron chi connectivity index (χ0n) is 19.2. The third-order valence-electron chi connectivity index (χ3n) is 11.3. The third-order valence-corrected chi connectivity index (χ3v) is 11.3. The largest absolute Gasteiger partial charge is 0.508 e. The van der Waals surface area contributed by atoms with Gasteiger partial charge in [-0.05, 0) is 141 Å². The average molecular weight is 429 g/mol. The zero-order valence-corrected chi connectivity index (χ0v) is 19.2. The van der Waals surface area contributed by atoms with Gasteiger partial charge >= 0.3 is 0 Å². The maximum absolute atomic E-state index is 11.8. The van der Waals surface area contributed by atoms with E-state index in [-0.39, 0.29) is 10.8 Å². The Labute approximate surface area is 191 Å². The van der Waals surface area contributed by atoms with Crippen LogP contribution in [0, 0.1) is 35.5 Å². The molecule has 2 N–H and O–H groups in total. The third kappa shape index (κ3) is 2.37. The Morgan fingerprint density at radius 3 is 1.47 bits per heavy atom. The standard InChI is InChI=1S/C30H36O2/c31-24-3-1-2-23-10-25(32)27(29-11-17-4-18(12-29)6-19(5-17)13-29)28(26(23)24)30-14-20-7-21(15-30)9-22(8-20)16-30/h1-3,10,17-22,31-32H,4-9,11-16H2. The van der Waals surface area contributed by atoms with Gasteiger partial charge in [0.25, 0.3) is 0 Å². The Balaban J connectivity index is 1.43. The van der Waals surface area contributed by atoms with Gasteiger partial charge in [0.2, 0.25) is 0 Å². The second-order valence-electron chi connectivity index (χ2n) is 13.4. The van der Waals surface area contributed by atoms with Gasteiger partial charge in [-0.1, -0.05) is 12.1 Å². The minimum atomic E-state index is 0.147. The Morgan fingerprint density at radius 1 is 0.562 bits per heavy atom. The fraction of sp³-hybridized carbons (Fsp3) is 0.667. The Kier molecular flexibility index (Phi) is 3.53. The highest BCUT2D eigenvalue weighted by Gasteiger charge is 2.58. The molecule has 0 heterocycles. The quantitative estimate of drug-likeness (QED) is 0.531. The number of hydrogen-bond acceptors (Lipinski definition) is 2. The van der Waals surface area contributed by atoms with Crippen molar-refractivity contribution in [2.45, 2.75) is 87.9 Å². The number of aromatic hydroxyl groups is 2. The summed E-state index contributed by atoms with van der Waals surface area (Å²) in [6.07, 6.45) is 16.2. The molecule has 2 nitrogen and oxygen atoms in total. The van der Waals surface area contributed by atoms with Crippen LogP contribution in [0.5, 0.6) is 11.5 Å². The van der Waals surface area contributed by atoms with Crippen LogP contribution in [-0.4, -0.2) is 10.2 Å². The second kappa shape index (κ2) is 6.05. The van der Waals surface area contributed by atoms with Crippen LogP contribution in [0.15, 0.2) is 24.3 Å². The van der Waals surface area contributed by atoms with E-state index in [2.05, 4.69) is 6.07 Å². The first-order chi connectivity index (χ1) is 15.5. The molecule has 10 rings (SSSR count). The van der Waals surface area contributed by atoms with Crippen molar-refractivity contribution in [2.75, 3.05) is 0 Å². The first kappa shape index (κ1) is 18.7. The topological polar surface area (TPSA) is 40.5 Å². The smallest absolute Gasteiger partial charge is 0.123 e. The van der Waals surface area contributed by atoms with Crippen molar-refractivity contribution in [1.82, 2.24) is 0 Å². The SMILES string of the molecule is Oc1cc2cccc(O)c2c(C23CC4CC(CC(C4)C2)C3)c1C12CC3CC(CC(C3)C1)C2. The number of rotatable bonds is 2. The molecule has 0 aromatic heterocycles. The molecule has 0 unspecified atom stereocenters. The van der Waals surface area contributed by atoms with Crippen LogP contribution in [0.1, 0.15) is 88.2 Å².